The highest BCUT2D eigenvalue weighted by Gasteiger charge is 2.25. The van der Waals surface area contributed by atoms with Gasteiger partial charge in [-0.15, -0.1) is 0 Å². The number of carbonyl (C=O) groups is 1. The number of pyridine rings is 1. The van der Waals surface area contributed by atoms with Crippen LogP contribution in [-0.4, -0.2) is 43.0 Å². The van der Waals surface area contributed by atoms with Crippen molar-refractivity contribution in [1.29, 1.82) is 0 Å². The minimum absolute atomic E-state index is 0.0719. The highest BCUT2D eigenvalue weighted by atomic mass is 16.1. The van der Waals surface area contributed by atoms with Crippen LogP contribution in [0.5, 0.6) is 0 Å². The molecule has 138 valence electrons. The minimum Gasteiger partial charge on any atom is -0.363 e. The standard InChI is InChI=1S/C21H28N4O/c1-24(2)20-13-18(10-11-22-20)14-23-21(26)19-9-6-12-25(16-19)15-17-7-4-3-5-8-17/h3-5,7-8,10-11,13,19H,6,9,12,14-16H2,1-2H3,(H,23,26). The lowest BCUT2D eigenvalue weighted by molar-refractivity contribution is -0.126. The molecule has 5 nitrogen and oxygen atoms in total. The van der Waals surface area contributed by atoms with Gasteiger partial charge in [0.15, 0.2) is 0 Å². The van der Waals surface area contributed by atoms with Crippen LogP contribution in [0.15, 0.2) is 48.7 Å². The van der Waals surface area contributed by atoms with Gasteiger partial charge in [0.25, 0.3) is 0 Å². The fourth-order valence-corrected chi connectivity index (χ4v) is 3.40. The van der Waals surface area contributed by atoms with Crippen LogP contribution in [0.3, 0.4) is 0 Å². The summed E-state index contributed by atoms with van der Waals surface area (Å²) in [7, 11) is 3.93. The molecule has 0 bridgehead atoms. The van der Waals surface area contributed by atoms with E-state index in [4.69, 9.17) is 0 Å². The summed E-state index contributed by atoms with van der Waals surface area (Å²) in [5, 5.41) is 3.11. The van der Waals surface area contributed by atoms with E-state index in [1.165, 1.54) is 5.56 Å². The Kier molecular flexibility index (Phi) is 6.23. The van der Waals surface area contributed by atoms with Gasteiger partial charge in [-0.2, -0.15) is 0 Å². The summed E-state index contributed by atoms with van der Waals surface area (Å²) < 4.78 is 0. The Hall–Kier alpha value is -2.40. The van der Waals surface area contributed by atoms with Gasteiger partial charge in [-0.25, -0.2) is 4.98 Å². The first-order chi connectivity index (χ1) is 12.6. The Morgan fingerprint density at radius 1 is 1.23 bits per heavy atom. The molecule has 0 aliphatic carbocycles. The Balaban J connectivity index is 1.52. The fourth-order valence-electron chi connectivity index (χ4n) is 3.40. The third-order valence-corrected chi connectivity index (χ3v) is 4.86. The quantitative estimate of drug-likeness (QED) is 0.868. The van der Waals surface area contributed by atoms with Crippen LogP contribution in [-0.2, 0) is 17.9 Å². The predicted octanol–water partition coefficient (Wildman–Crippen LogP) is 2.68. The Bertz CT molecular complexity index is 717. The van der Waals surface area contributed by atoms with E-state index in [1.54, 1.807) is 6.20 Å². The number of nitrogens with zero attached hydrogens (tertiary/aromatic N) is 3. The highest BCUT2D eigenvalue weighted by Crippen LogP contribution is 2.19. The van der Waals surface area contributed by atoms with Crippen molar-refractivity contribution in [2.24, 2.45) is 5.92 Å². The lowest BCUT2D eigenvalue weighted by atomic mass is 9.96. The number of amides is 1. The SMILES string of the molecule is CN(C)c1cc(CNC(=O)C2CCCN(Cc3ccccc3)C2)ccn1. The van der Waals surface area contributed by atoms with Crippen molar-refractivity contribution in [2.75, 3.05) is 32.1 Å². The van der Waals surface area contributed by atoms with Crippen LogP contribution in [0.25, 0.3) is 0 Å². The van der Waals surface area contributed by atoms with Crippen LogP contribution < -0.4 is 10.2 Å². The van der Waals surface area contributed by atoms with Gasteiger partial charge in [-0.3, -0.25) is 9.69 Å². The first-order valence-corrected chi connectivity index (χ1v) is 9.28. The molecular weight excluding hydrogens is 324 g/mol. The third kappa shape index (κ3) is 5.05. The van der Waals surface area contributed by atoms with Gasteiger partial charge in [0, 0.05) is 39.9 Å². The average molecular weight is 352 g/mol. The number of piperidine rings is 1. The molecule has 2 heterocycles. The zero-order chi connectivity index (χ0) is 18.4. The van der Waals surface area contributed by atoms with Crippen molar-refractivity contribution in [2.45, 2.75) is 25.9 Å². The summed E-state index contributed by atoms with van der Waals surface area (Å²) in [5.74, 6) is 1.14. The summed E-state index contributed by atoms with van der Waals surface area (Å²) in [6.45, 7) is 3.37. The third-order valence-electron chi connectivity index (χ3n) is 4.86. The van der Waals surface area contributed by atoms with Crippen molar-refractivity contribution in [3.05, 3.63) is 59.8 Å². The Morgan fingerprint density at radius 2 is 2.04 bits per heavy atom. The van der Waals surface area contributed by atoms with E-state index < -0.39 is 0 Å². The summed E-state index contributed by atoms with van der Waals surface area (Å²) in [6.07, 6.45) is 3.83. The molecule has 1 aromatic heterocycles. The second-order valence-electron chi connectivity index (χ2n) is 7.19. The van der Waals surface area contributed by atoms with Crippen molar-refractivity contribution in [3.63, 3.8) is 0 Å². The summed E-state index contributed by atoms with van der Waals surface area (Å²) >= 11 is 0. The van der Waals surface area contributed by atoms with Crippen LogP contribution in [0.4, 0.5) is 5.82 Å². The predicted molar refractivity (Wildman–Crippen MR) is 105 cm³/mol. The van der Waals surface area contributed by atoms with E-state index in [-0.39, 0.29) is 11.8 Å². The van der Waals surface area contributed by atoms with Crippen LogP contribution in [0.2, 0.25) is 0 Å². The van der Waals surface area contributed by atoms with Crippen molar-refractivity contribution in [3.8, 4) is 0 Å². The molecule has 1 amide bonds. The molecule has 1 unspecified atom stereocenters. The van der Waals surface area contributed by atoms with Gasteiger partial charge in [-0.1, -0.05) is 30.3 Å². The number of likely N-dealkylation sites (tertiary alicyclic amines) is 1. The lowest BCUT2D eigenvalue weighted by Crippen LogP contribution is -2.42. The molecule has 0 radical (unpaired) electrons. The summed E-state index contributed by atoms with van der Waals surface area (Å²) in [4.78, 5) is 21.3. The first kappa shape index (κ1) is 18.4. The van der Waals surface area contributed by atoms with Gasteiger partial charge in [-0.05, 0) is 42.6 Å². The van der Waals surface area contributed by atoms with Crippen molar-refractivity contribution < 1.29 is 4.79 Å². The zero-order valence-electron chi connectivity index (χ0n) is 15.7. The number of carbonyl (C=O) groups excluding carboxylic acids is 1. The van der Waals surface area contributed by atoms with Crippen LogP contribution >= 0.6 is 0 Å². The molecule has 1 aliphatic heterocycles. The maximum Gasteiger partial charge on any atom is 0.224 e. The molecule has 1 aliphatic rings. The van der Waals surface area contributed by atoms with E-state index in [0.29, 0.717) is 6.54 Å². The van der Waals surface area contributed by atoms with E-state index in [9.17, 15) is 4.79 Å². The van der Waals surface area contributed by atoms with E-state index in [1.807, 2.05) is 37.2 Å². The molecule has 1 aromatic carbocycles. The van der Waals surface area contributed by atoms with Gasteiger partial charge >= 0.3 is 0 Å². The molecule has 1 fully saturated rings. The van der Waals surface area contributed by atoms with E-state index in [2.05, 4.69) is 39.5 Å². The number of nitrogens with one attached hydrogen (secondary N) is 1. The summed E-state index contributed by atoms with van der Waals surface area (Å²) in [6, 6.07) is 14.4. The second-order valence-corrected chi connectivity index (χ2v) is 7.19. The fraction of sp³-hybridized carbons (Fsp3) is 0.429. The van der Waals surface area contributed by atoms with E-state index >= 15 is 0 Å². The maximum atomic E-state index is 12.6. The maximum absolute atomic E-state index is 12.6. The number of anilines is 1. The smallest absolute Gasteiger partial charge is 0.224 e. The van der Waals surface area contributed by atoms with Gasteiger partial charge in [0.2, 0.25) is 5.91 Å². The topological polar surface area (TPSA) is 48.5 Å². The number of benzene rings is 1. The van der Waals surface area contributed by atoms with E-state index in [0.717, 1.165) is 43.9 Å². The second kappa shape index (κ2) is 8.81. The molecule has 1 atom stereocenters. The average Bonchev–Trinajstić information content (AvgIpc) is 2.67. The Morgan fingerprint density at radius 3 is 2.81 bits per heavy atom. The van der Waals surface area contributed by atoms with Gasteiger partial charge in [0.1, 0.15) is 5.82 Å². The molecule has 0 spiro atoms. The summed E-state index contributed by atoms with van der Waals surface area (Å²) in [5.41, 5.74) is 2.38. The molecule has 26 heavy (non-hydrogen) atoms. The molecule has 3 rings (SSSR count). The van der Waals surface area contributed by atoms with Crippen molar-refractivity contribution in [1.82, 2.24) is 15.2 Å². The Labute approximate surface area is 156 Å². The van der Waals surface area contributed by atoms with Crippen molar-refractivity contribution >= 4 is 11.7 Å². The normalized spacial score (nSPS) is 17.7. The minimum atomic E-state index is 0.0719. The molecular formula is C21H28N4O. The van der Waals surface area contributed by atoms with Gasteiger partial charge in [0.05, 0.1) is 5.92 Å². The first-order valence-electron chi connectivity index (χ1n) is 9.28. The van der Waals surface area contributed by atoms with Gasteiger partial charge < -0.3 is 10.2 Å². The largest absolute Gasteiger partial charge is 0.363 e. The number of hydrogen-bond donors (Lipinski definition) is 1. The lowest BCUT2D eigenvalue weighted by Gasteiger charge is -2.32. The molecule has 1 saturated heterocycles. The number of hydrogen-bond acceptors (Lipinski definition) is 4. The monoisotopic (exact) mass is 352 g/mol. The number of rotatable bonds is 6. The molecule has 2 aromatic rings. The zero-order valence-corrected chi connectivity index (χ0v) is 15.7. The molecule has 0 saturated carbocycles. The highest BCUT2D eigenvalue weighted by molar-refractivity contribution is 5.79. The molecule has 5 heteroatoms. The van der Waals surface area contributed by atoms with Crippen LogP contribution in [0, 0.1) is 5.92 Å². The van der Waals surface area contributed by atoms with Crippen LogP contribution in [0.1, 0.15) is 24.0 Å². The molecule has 1 N–H and O–H groups in total. The number of aromatic nitrogens is 1.